The lowest BCUT2D eigenvalue weighted by molar-refractivity contribution is -0.151. The Hall–Kier alpha value is -1.35. The molecule has 1 saturated heterocycles. The van der Waals surface area contributed by atoms with Gasteiger partial charge >= 0.3 is 5.97 Å². The molecule has 162 valence electrons. The predicted molar refractivity (Wildman–Crippen MR) is 111 cm³/mol. The average molecular weight is 465 g/mol. The van der Waals surface area contributed by atoms with E-state index in [1.54, 1.807) is 25.7 Å². The molecular weight excluding hydrogens is 439 g/mol. The number of hydrogen-bond acceptors (Lipinski definition) is 5. The zero-order valence-corrected chi connectivity index (χ0v) is 19.0. The lowest BCUT2D eigenvalue weighted by Crippen LogP contribution is -2.53. The van der Waals surface area contributed by atoms with Crippen molar-refractivity contribution >= 4 is 45.1 Å². The van der Waals surface area contributed by atoms with E-state index in [2.05, 4.69) is 4.72 Å². The van der Waals surface area contributed by atoms with Crippen LogP contribution in [0.25, 0.3) is 0 Å². The number of nitrogens with zero attached hydrogens (tertiary/aromatic N) is 1. The van der Waals surface area contributed by atoms with Crippen LogP contribution in [0.5, 0.6) is 0 Å². The highest BCUT2D eigenvalue weighted by molar-refractivity contribution is 7.89. The van der Waals surface area contributed by atoms with Crippen LogP contribution in [-0.2, 0) is 24.3 Å². The SMILES string of the molecule is CCOC(=O)C1CCN(C(=O)C(NS(=O)(=O)c2cc(Cl)ccc2Cl)C(C)C)CC1. The fraction of sp³-hybridized carbons (Fsp3) is 0.579. The third-order valence-electron chi connectivity index (χ3n) is 4.82. The first-order valence-electron chi connectivity index (χ1n) is 9.49. The number of esters is 1. The van der Waals surface area contributed by atoms with Gasteiger partial charge < -0.3 is 9.64 Å². The quantitative estimate of drug-likeness (QED) is 0.625. The molecule has 10 heteroatoms. The van der Waals surface area contributed by atoms with Gasteiger partial charge in [-0.25, -0.2) is 8.42 Å². The van der Waals surface area contributed by atoms with Crippen LogP contribution in [-0.4, -0.2) is 50.9 Å². The molecule has 7 nitrogen and oxygen atoms in total. The summed E-state index contributed by atoms with van der Waals surface area (Å²) in [6, 6.07) is 3.17. The van der Waals surface area contributed by atoms with E-state index < -0.39 is 16.1 Å². The fourth-order valence-electron chi connectivity index (χ4n) is 3.18. The monoisotopic (exact) mass is 464 g/mol. The molecule has 1 unspecified atom stereocenters. The first-order chi connectivity index (χ1) is 13.6. The van der Waals surface area contributed by atoms with Crippen molar-refractivity contribution in [1.82, 2.24) is 9.62 Å². The molecule has 1 heterocycles. The highest BCUT2D eigenvalue weighted by Crippen LogP contribution is 2.26. The van der Waals surface area contributed by atoms with Crippen LogP contribution >= 0.6 is 23.2 Å². The maximum atomic E-state index is 13.0. The van der Waals surface area contributed by atoms with Crippen molar-refractivity contribution in [1.29, 1.82) is 0 Å². The van der Waals surface area contributed by atoms with E-state index >= 15 is 0 Å². The molecule has 0 aliphatic carbocycles. The van der Waals surface area contributed by atoms with Gasteiger partial charge in [-0.2, -0.15) is 4.72 Å². The Bertz CT molecular complexity index is 852. The van der Waals surface area contributed by atoms with Gasteiger partial charge in [0.1, 0.15) is 10.9 Å². The second-order valence-electron chi connectivity index (χ2n) is 7.27. The number of hydrogen-bond donors (Lipinski definition) is 1. The van der Waals surface area contributed by atoms with Crippen molar-refractivity contribution < 1.29 is 22.7 Å². The highest BCUT2D eigenvalue weighted by atomic mass is 35.5. The minimum absolute atomic E-state index is 0.0205. The van der Waals surface area contributed by atoms with Gasteiger partial charge in [-0.3, -0.25) is 9.59 Å². The number of ether oxygens (including phenoxy) is 1. The van der Waals surface area contributed by atoms with Gasteiger partial charge in [-0.05, 0) is 43.9 Å². The summed E-state index contributed by atoms with van der Waals surface area (Å²) in [6.45, 7) is 6.33. The van der Waals surface area contributed by atoms with Crippen LogP contribution in [0.2, 0.25) is 10.0 Å². The predicted octanol–water partition coefficient (Wildman–Crippen LogP) is 3.10. The number of benzene rings is 1. The lowest BCUT2D eigenvalue weighted by Gasteiger charge is -2.34. The van der Waals surface area contributed by atoms with E-state index in [-0.39, 0.29) is 38.7 Å². The maximum Gasteiger partial charge on any atom is 0.309 e. The zero-order chi connectivity index (χ0) is 21.8. The number of likely N-dealkylation sites (tertiary alicyclic amines) is 1. The minimum Gasteiger partial charge on any atom is -0.466 e. The van der Waals surface area contributed by atoms with Crippen LogP contribution in [0.4, 0.5) is 0 Å². The van der Waals surface area contributed by atoms with Crippen LogP contribution in [0.1, 0.15) is 33.6 Å². The topological polar surface area (TPSA) is 92.8 Å². The van der Waals surface area contributed by atoms with Crippen LogP contribution < -0.4 is 4.72 Å². The van der Waals surface area contributed by atoms with Crippen LogP contribution in [0, 0.1) is 11.8 Å². The maximum absolute atomic E-state index is 13.0. The summed E-state index contributed by atoms with van der Waals surface area (Å²) < 4.78 is 33.2. The average Bonchev–Trinajstić information content (AvgIpc) is 2.67. The molecule has 0 saturated carbocycles. The number of carbonyl (C=O) groups excluding carboxylic acids is 2. The Morgan fingerprint density at radius 1 is 1.24 bits per heavy atom. The van der Waals surface area contributed by atoms with Gasteiger partial charge in [0.15, 0.2) is 0 Å². The molecule has 1 aliphatic heterocycles. The number of carbonyl (C=O) groups is 2. The molecule has 0 aromatic heterocycles. The summed E-state index contributed by atoms with van der Waals surface area (Å²) in [5.41, 5.74) is 0. The number of nitrogens with one attached hydrogen (secondary N) is 1. The van der Waals surface area contributed by atoms with Gasteiger partial charge in [-0.1, -0.05) is 37.0 Å². The standard InChI is InChI=1S/C19H26Cl2N2O5S/c1-4-28-19(25)13-7-9-23(10-8-13)18(24)17(12(2)3)22-29(26,27)16-11-14(20)5-6-15(16)21/h5-6,11-13,17,22H,4,7-10H2,1-3H3. The van der Waals surface area contributed by atoms with Crippen molar-refractivity contribution in [3.8, 4) is 0 Å². The lowest BCUT2D eigenvalue weighted by atomic mass is 9.95. The van der Waals surface area contributed by atoms with Crippen LogP contribution in [0.15, 0.2) is 23.1 Å². The first-order valence-corrected chi connectivity index (χ1v) is 11.7. The molecule has 1 aliphatic rings. The van der Waals surface area contributed by atoms with Crippen molar-refractivity contribution in [2.45, 2.75) is 44.6 Å². The van der Waals surface area contributed by atoms with Crippen molar-refractivity contribution in [2.75, 3.05) is 19.7 Å². The highest BCUT2D eigenvalue weighted by Gasteiger charge is 2.35. The summed E-state index contributed by atoms with van der Waals surface area (Å²) in [5.74, 6) is -1.11. The number of sulfonamides is 1. The van der Waals surface area contributed by atoms with Gasteiger partial charge in [0.2, 0.25) is 15.9 Å². The molecular formula is C19H26Cl2N2O5S. The smallest absolute Gasteiger partial charge is 0.309 e. The van der Waals surface area contributed by atoms with Crippen molar-refractivity contribution in [2.24, 2.45) is 11.8 Å². The Kier molecular flexibility index (Phi) is 8.34. The number of amides is 1. The fourth-order valence-corrected chi connectivity index (χ4v) is 5.28. The molecule has 0 bridgehead atoms. The molecule has 1 fully saturated rings. The summed E-state index contributed by atoms with van der Waals surface area (Å²) in [7, 11) is -4.06. The summed E-state index contributed by atoms with van der Waals surface area (Å²) in [5, 5.41) is 0.246. The molecule has 1 aromatic rings. The molecule has 1 N–H and O–H groups in total. The third kappa shape index (κ3) is 6.07. The molecule has 0 radical (unpaired) electrons. The van der Waals surface area contributed by atoms with E-state index in [4.69, 9.17) is 27.9 Å². The van der Waals surface area contributed by atoms with Gasteiger partial charge in [0.25, 0.3) is 0 Å². The largest absolute Gasteiger partial charge is 0.466 e. The first kappa shape index (κ1) is 23.9. The third-order valence-corrected chi connectivity index (χ3v) is 6.98. The van der Waals surface area contributed by atoms with Gasteiger partial charge in [0, 0.05) is 18.1 Å². The van der Waals surface area contributed by atoms with Gasteiger partial charge in [-0.15, -0.1) is 0 Å². The Morgan fingerprint density at radius 3 is 2.41 bits per heavy atom. The second-order valence-corrected chi connectivity index (χ2v) is 9.80. The van der Waals surface area contributed by atoms with Crippen molar-refractivity contribution in [3.05, 3.63) is 28.2 Å². The number of rotatable bonds is 7. The number of halogens is 2. The van der Waals surface area contributed by atoms with E-state index in [0.29, 0.717) is 32.5 Å². The Labute approximate surface area is 181 Å². The molecule has 1 aromatic carbocycles. The van der Waals surface area contributed by atoms with E-state index in [0.717, 1.165) is 0 Å². The van der Waals surface area contributed by atoms with E-state index in [1.165, 1.54) is 18.2 Å². The number of piperidine rings is 1. The van der Waals surface area contributed by atoms with E-state index in [9.17, 15) is 18.0 Å². The summed E-state index contributed by atoms with van der Waals surface area (Å²) in [6.07, 6.45) is 0.977. The van der Waals surface area contributed by atoms with Crippen molar-refractivity contribution in [3.63, 3.8) is 0 Å². The summed E-state index contributed by atoms with van der Waals surface area (Å²) >= 11 is 11.9. The van der Waals surface area contributed by atoms with Gasteiger partial charge in [0.05, 0.1) is 17.5 Å². The van der Waals surface area contributed by atoms with E-state index in [1.807, 2.05) is 0 Å². The molecule has 1 amide bonds. The molecule has 29 heavy (non-hydrogen) atoms. The zero-order valence-electron chi connectivity index (χ0n) is 16.7. The molecule has 0 spiro atoms. The normalized spacial score (nSPS) is 16.7. The Morgan fingerprint density at radius 2 is 1.86 bits per heavy atom. The molecule has 1 atom stereocenters. The van der Waals surface area contributed by atoms with Crippen LogP contribution in [0.3, 0.4) is 0 Å². The minimum atomic E-state index is -4.06. The Balaban J connectivity index is 2.13. The summed E-state index contributed by atoms with van der Waals surface area (Å²) in [4.78, 5) is 26.3. The molecule has 2 rings (SSSR count). The second kappa shape index (κ2) is 10.1.